The molecule has 1 aromatic carbocycles. The maximum Gasteiger partial charge on any atom is 0.171 e. The van der Waals surface area contributed by atoms with Crippen molar-refractivity contribution in [2.45, 2.75) is 13.5 Å². The molecule has 118 valence electrons. The van der Waals surface area contributed by atoms with E-state index in [4.69, 9.17) is 21.7 Å². The highest BCUT2D eigenvalue weighted by Crippen LogP contribution is 2.28. The molecule has 1 aromatic heterocycles. The predicted molar refractivity (Wildman–Crippen MR) is 90.6 cm³/mol. The van der Waals surface area contributed by atoms with Gasteiger partial charge in [0.25, 0.3) is 0 Å². The van der Waals surface area contributed by atoms with E-state index in [1.807, 2.05) is 37.0 Å². The molecule has 0 saturated carbocycles. The first kappa shape index (κ1) is 16.1. The standard InChI is InChI=1S/C15H20N4O2S/c1-10-11(9-17-19(10)2)8-16-15(22)18-13-6-5-12(20-3)7-14(13)21-4/h5-7,9H,8H2,1-4H3,(H2,16,18,22). The molecule has 2 aromatic rings. The molecule has 0 amide bonds. The largest absolute Gasteiger partial charge is 0.497 e. The van der Waals surface area contributed by atoms with Crippen LogP contribution in [0.1, 0.15) is 11.3 Å². The Morgan fingerprint density at radius 1 is 1.32 bits per heavy atom. The molecule has 0 saturated heterocycles. The van der Waals surface area contributed by atoms with E-state index < -0.39 is 0 Å². The van der Waals surface area contributed by atoms with E-state index in [1.165, 1.54) is 0 Å². The van der Waals surface area contributed by atoms with Crippen molar-refractivity contribution in [3.63, 3.8) is 0 Å². The molecule has 0 bridgehead atoms. The average Bonchev–Trinajstić information content (AvgIpc) is 2.85. The Bertz CT molecular complexity index is 670. The van der Waals surface area contributed by atoms with Crippen molar-refractivity contribution in [3.8, 4) is 11.5 Å². The highest BCUT2D eigenvalue weighted by atomic mass is 32.1. The number of aromatic nitrogens is 2. The molecule has 0 aliphatic rings. The quantitative estimate of drug-likeness (QED) is 0.824. The van der Waals surface area contributed by atoms with Gasteiger partial charge in [-0.25, -0.2) is 0 Å². The Morgan fingerprint density at radius 2 is 2.09 bits per heavy atom. The lowest BCUT2D eigenvalue weighted by atomic mass is 10.2. The van der Waals surface area contributed by atoms with Gasteiger partial charge in [-0.2, -0.15) is 5.10 Å². The first-order valence-electron chi connectivity index (χ1n) is 6.79. The summed E-state index contributed by atoms with van der Waals surface area (Å²) in [6.45, 7) is 2.64. The zero-order valence-corrected chi connectivity index (χ0v) is 14.0. The summed E-state index contributed by atoms with van der Waals surface area (Å²) in [7, 11) is 5.14. The highest BCUT2D eigenvalue weighted by molar-refractivity contribution is 7.80. The third-order valence-electron chi connectivity index (χ3n) is 3.43. The molecular formula is C15H20N4O2S. The summed E-state index contributed by atoms with van der Waals surface area (Å²) in [6.07, 6.45) is 1.83. The van der Waals surface area contributed by atoms with E-state index in [0.29, 0.717) is 17.4 Å². The van der Waals surface area contributed by atoms with Crippen LogP contribution in [0.5, 0.6) is 11.5 Å². The molecule has 0 radical (unpaired) electrons. The topological polar surface area (TPSA) is 60.3 Å². The fraction of sp³-hybridized carbons (Fsp3) is 0.333. The van der Waals surface area contributed by atoms with Crippen LogP contribution in [0.2, 0.25) is 0 Å². The maximum atomic E-state index is 5.33. The summed E-state index contributed by atoms with van der Waals surface area (Å²) >= 11 is 5.32. The van der Waals surface area contributed by atoms with Gasteiger partial charge in [-0.1, -0.05) is 0 Å². The van der Waals surface area contributed by atoms with E-state index in [-0.39, 0.29) is 0 Å². The fourth-order valence-corrected chi connectivity index (χ4v) is 2.14. The molecule has 2 N–H and O–H groups in total. The molecule has 0 unspecified atom stereocenters. The number of methoxy groups -OCH3 is 2. The zero-order valence-electron chi connectivity index (χ0n) is 13.1. The van der Waals surface area contributed by atoms with Gasteiger partial charge in [-0.3, -0.25) is 4.68 Å². The van der Waals surface area contributed by atoms with Gasteiger partial charge in [-0.15, -0.1) is 0 Å². The van der Waals surface area contributed by atoms with Gasteiger partial charge >= 0.3 is 0 Å². The lowest BCUT2D eigenvalue weighted by Crippen LogP contribution is -2.28. The Balaban J connectivity index is 1.98. The average molecular weight is 320 g/mol. The maximum absolute atomic E-state index is 5.33. The van der Waals surface area contributed by atoms with E-state index in [1.54, 1.807) is 20.3 Å². The SMILES string of the molecule is COc1ccc(NC(=S)NCc2cnn(C)c2C)c(OC)c1. The molecule has 0 aliphatic heterocycles. The number of aryl methyl sites for hydroxylation is 1. The minimum absolute atomic E-state index is 0.520. The minimum Gasteiger partial charge on any atom is -0.497 e. The number of hydrogen-bond acceptors (Lipinski definition) is 4. The number of benzene rings is 1. The Morgan fingerprint density at radius 3 is 2.68 bits per heavy atom. The molecule has 6 nitrogen and oxygen atoms in total. The first-order chi connectivity index (χ1) is 10.5. The number of nitrogens with zero attached hydrogens (tertiary/aromatic N) is 2. The van der Waals surface area contributed by atoms with E-state index >= 15 is 0 Å². The summed E-state index contributed by atoms with van der Waals surface area (Å²) in [5.74, 6) is 1.40. The minimum atomic E-state index is 0.520. The number of rotatable bonds is 5. The fourth-order valence-electron chi connectivity index (χ4n) is 1.96. The second-order valence-corrected chi connectivity index (χ2v) is 5.16. The second kappa shape index (κ2) is 7.13. The Kier molecular flexibility index (Phi) is 5.21. The summed E-state index contributed by atoms with van der Waals surface area (Å²) in [5.41, 5.74) is 2.99. The van der Waals surface area contributed by atoms with Crippen molar-refractivity contribution in [1.29, 1.82) is 0 Å². The molecule has 22 heavy (non-hydrogen) atoms. The highest BCUT2D eigenvalue weighted by Gasteiger charge is 2.08. The van der Waals surface area contributed by atoms with E-state index in [9.17, 15) is 0 Å². The molecule has 1 heterocycles. The van der Waals surface area contributed by atoms with Crippen molar-refractivity contribution >= 4 is 23.0 Å². The van der Waals surface area contributed by atoms with Crippen molar-refractivity contribution in [2.75, 3.05) is 19.5 Å². The molecule has 0 atom stereocenters. The summed E-state index contributed by atoms with van der Waals surface area (Å²) in [6, 6.07) is 5.51. The van der Waals surface area contributed by atoms with Gasteiger partial charge in [0.2, 0.25) is 0 Å². The number of hydrogen-bond donors (Lipinski definition) is 2. The van der Waals surface area contributed by atoms with Gasteiger partial charge in [0, 0.05) is 30.9 Å². The van der Waals surface area contributed by atoms with Crippen molar-refractivity contribution < 1.29 is 9.47 Å². The van der Waals surface area contributed by atoms with Gasteiger partial charge in [0.15, 0.2) is 5.11 Å². The summed E-state index contributed by atoms with van der Waals surface area (Å²) < 4.78 is 12.3. The molecule has 0 fully saturated rings. The Labute approximate surface area is 135 Å². The normalized spacial score (nSPS) is 10.2. The van der Waals surface area contributed by atoms with Gasteiger partial charge < -0.3 is 20.1 Å². The van der Waals surface area contributed by atoms with Crippen LogP contribution in [0.25, 0.3) is 0 Å². The van der Waals surface area contributed by atoms with Crippen LogP contribution in [0, 0.1) is 6.92 Å². The van der Waals surface area contributed by atoms with Crippen LogP contribution in [0.3, 0.4) is 0 Å². The van der Waals surface area contributed by atoms with Crippen LogP contribution < -0.4 is 20.1 Å². The number of thiocarbonyl (C=S) groups is 1. The molecular weight excluding hydrogens is 300 g/mol. The van der Waals surface area contributed by atoms with Crippen LogP contribution in [0.15, 0.2) is 24.4 Å². The van der Waals surface area contributed by atoms with Crippen molar-refractivity contribution in [3.05, 3.63) is 35.7 Å². The second-order valence-electron chi connectivity index (χ2n) is 4.75. The van der Waals surface area contributed by atoms with E-state index in [0.717, 1.165) is 22.7 Å². The third-order valence-corrected chi connectivity index (χ3v) is 3.68. The van der Waals surface area contributed by atoms with Crippen LogP contribution in [-0.4, -0.2) is 29.1 Å². The molecule has 0 spiro atoms. The van der Waals surface area contributed by atoms with Crippen LogP contribution in [0.4, 0.5) is 5.69 Å². The van der Waals surface area contributed by atoms with E-state index in [2.05, 4.69) is 15.7 Å². The van der Waals surface area contributed by atoms with Crippen molar-refractivity contribution in [2.24, 2.45) is 7.05 Å². The lowest BCUT2D eigenvalue weighted by Gasteiger charge is -2.14. The smallest absolute Gasteiger partial charge is 0.171 e. The molecule has 0 aliphatic carbocycles. The lowest BCUT2D eigenvalue weighted by molar-refractivity contribution is 0.395. The number of ether oxygens (including phenoxy) is 2. The third kappa shape index (κ3) is 3.67. The molecule has 2 rings (SSSR count). The Hall–Kier alpha value is -2.28. The zero-order chi connectivity index (χ0) is 16.1. The predicted octanol–water partition coefficient (Wildman–Crippen LogP) is 2.23. The monoisotopic (exact) mass is 320 g/mol. The van der Waals surface area contributed by atoms with Crippen molar-refractivity contribution in [1.82, 2.24) is 15.1 Å². The van der Waals surface area contributed by atoms with Crippen LogP contribution >= 0.6 is 12.2 Å². The van der Waals surface area contributed by atoms with Gasteiger partial charge in [0.1, 0.15) is 11.5 Å². The summed E-state index contributed by atoms with van der Waals surface area (Å²) in [5, 5.41) is 11.0. The van der Waals surface area contributed by atoms with Gasteiger partial charge in [0.05, 0.1) is 26.1 Å². The number of anilines is 1. The first-order valence-corrected chi connectivity index (χ1v) is 7.20. The molecule has 7 heteroatoms. The summed E-state index contributed by atoms with van der Waals surface area (Å²) in [4.78, 5) is 0. The number of nitrogens with one attached hydrogen (secondary N) is 2. The van der Waals surface area contributed by atoms with Gasteiger partial charge in [-0.05, 0) is 31.3 Å². The van der Waals surface area contributed by atoms with Crippen LogP contribution in [-0.2, 0) is 13.6 Å².